The molecule has 0 fully saturated rings. The molecule has 0 aromatic heterocycles. The largest absolute Gasteiger partial charge is 0.497 e. The van der Waals surface area contributed by atoms with E-state index in [1.807, 2.05) is 29.2 Å². The molecule has 2 aromatic rings. The van der Waals surface area contributed by atoms with Crippen molar-refractivity contribution in [1.82, 2.24) is 0 Å². The molecule has 3 rings (SSSR count). The number of amides is 1. The van der Waals surface area contributed by atoms with Crippen molar-refractivity contribution in [2.45, 2.75) is 26.2 Å². The normalized spacial score (nSPS) is 13.6. The van der Waals surface area contributed by atoms with Crippen LogP contribution in [-0.4, -0.2) is 19.6 Å². The van der Waals surface area contributed by atoms with Crippen LogP contribution in [-0.2, 0) is 17.6 Å². The molecule has 0 atom stereocenters. The Hall–Kier alpha value is -2.29. The number of hydrogen-bond acceptors (Lipinski definition) is 2. The highest BCUT2D eigenvalue weighted by Gasteiger charge is 2.22. The molecule has 0 N–H and O–H groups in total. The monoisotopic (exact) mass is 295 g/mol. The predicted octanol–water partition coefficient (Wildman–Crippen LogP) is 3.53. The van der Waals surface area contributed by atoms with E-state index in [0.29, 0.717) is 6.42 Å². The molecule has 0 unspecified atom stereocenters. The molecule has 2 aromatic carbocycles. The molecule has 1 heterocycles. The van der Waals surface area contributed by atoms with Crippen LogP contribution in [0.3, 0.4) is 0 Å². The average molecular weight is 295 g/mol. The summed E-state index contributed by atoms with van der Waals surface area (Å²) in [5.41, 5.74) is 4.60. The highest BCUT2D eigenvalue weighted by Crippen LogP contribution is 2.28. The highest BCUT2D eigenvalue weighted by atomic mass is 16.5. The van der Waals surface area contributed by atoms with Gasteiger partial charge in [-0.05, 0) is 49.1 Å². The van der Waals surface area contributed by atoms with Crippen molar-refractivity contribution in [2.24, 2.45) is 0 Å². The lowest BCUT2D eigenvalue weighted by atomic mass is 9.99. The molecule has 1 aliphatic heterocycles. The van der Waals surface area contributed by atoms with E-state index in [9.17, 15) is 4.79 Å². The number of nitrogens with zero attached hydrogens (tertiary/aromatic N) is 1. The Morgan fingerprint density at radius 3 is 2.91 bits per heavy atom. The van der Waals surface area contributed by atoms with E-state index < -0.39 is 0 Å². The number of rotatable bonds is 3. The maximum atomic E-state index is 12.7. The second-order valence-electron chi connectivity index (χ2n) is 5.81. The summed E-state index contributed by atoms with van der Waals surface area (Å²) in [6, 6.07) is 14.1. The van der Waals surface area contributed by atoms with Gasteiger partial charge in [0.05, 0.1) is 13.5 Å². The van der Waals surface area contributed by atoms with Gasteiger partial charge in [-0.2, -0.15) is 0 Å². The van der Waals surface area contributed by atoms with Crippen LogP contribution >= 0.6 is 0 Å². The summed E-state index contributed by atoms with van der Waals surface area (Å²) in [5, 5.41) is 0. The number of carbonyl (C=O) groups excluding carboxylic acids is 1. The number of anilines is 1. The standard InChI is InChI=1S/C19H21NO2/c1-14-8-9-18-16(11-14)6-4-10-20(18)19(21)13-15-5-3-7-17(12-15)22-2/h3,5,7-9,11-12H,4,6,10,13H2,1-2H3. The SMILES string of the molecule is COc1cccc(CC(=O)N2CCCc3cc(C)ccc32)c1. The molecule has 0 spiro atoms. The lowest BCUT2D eigenvalue weighted by Crippen LogP contribution is -2.36. The number of ether oxygens (including phenoxy) is 1. The number of hydrogen-bond donors (Lipinski definition) is 0. The van der Waals surface area contributed by atoms with Gasteiger partial charge < -0.3 is 9.64 Å². The van der Waals surface area contributed by atoms with Crippen molar-refractivity contribution < 1.29 is 9.53 Å². The van der Waals surface area contributed by atoms with Crippen molar-refractivity contribution >= 4 is 11.6 Å². The van der Waals surface area contributed by atoms with Crippen molar-refractivity contribution in [3.05, 3.63) is 59.2 Å². The van der Waals surface area contributed by atoms with Crippen LogP contribution in [0.25, 0.3) is 0 Å². The van der Waals surface area contributed by atoms with Crippen LogP contribution in [0.2, 0.25) is 0 Å². The number of fused-ring (bicyclic) bond motifs is 1. The lowest BCUT2D eigenvalue weighted by Gasteiger charge is -2.30. The van der Waals surface area contributed by atoms with Gasteiger partial charge in [0.2, 0.25) is 5.91 Å². The Morgan fingerprint density at radius 2 is 2.09 bits per heavy atom. The minimum absolute atomic E-state index is 0.151. The van der Waals surface area contributed by atoms with Crippen molar-refractivity contribution in [1.29, 1.82) is 0 Å². The van der Waals surface area contributed by atoms with E-state index in [1.165, 1.54) is 11.1 Å². The Bertz CT molecular complexity index is 694. The molecule has 1 aliphatic rings. The van der Waals surface area contributed by atoms with E-state index >= 15 is 0 Å². The van der Waals surface area contributed by atoms with Crippen molar-refractivity contribution in [3.8, 4) is 5.75 Å². The maximum absolute atomic E-state index is 12.7. The first-order valence-corrected chi connectivity index (χ1v) is 7.70. The average Bonchev–Trinajstić information content (AvgIpc) is 2.54. The molecule has 0 radical (unpaired) electrons. The molecular weight excluding hydrogens is 274 g/mol. The first kappa shape index (κ1) is 14.6. The fourth-order valence-electron chi connectivity index (χ4n) is 3.04. The predicted molar refractivity (Wildman–Crippen MR) is 88.6 cm³/mol. The van der Waals surface area contributed by atoms with Gasteiger partial charge in [0.25, 0.3) is 0 Å². The first-order valence-electron chi connectivity index (χ1n) is 7.70. The van der Waals surface area contributed by atoms with Gasteiger partial charge in [-0.25, -0.2) is 0 Å². The minimum atomic E-state index is 0.151. The van der Waals surface area contributed by atoms with Gasteiger partial charge in [0.15, 0.2) is 0 Å². The fraction of sp³-hybridized carbons (Fsp3) is 0.316. The Labute approximate surface area is 131 Å². The molecule has 0 bridgehead atoms. The van der Waals surface area contributed by atoms with Crippen LogP contribution in [0.5, 0.6) is 5.75 Å². The van der Waals surface area contributed by atoms with Gasteiger partial charge in [-0.15, -0.1) is 0 Å². The van der Waals surface area contributed by atoms with E-state index in [2.05, 4.69) is 25.1 Å². The van der Waals surface area contributed by atoms with Gasteiger partial charge in [-0.3, -0.25) is 4.79 Å². The summed E-state index contributed by atoms with van der Waals surface area (Å²) >= 11 is 0. The summed E-state index contributed by atoms with van der Waals surface area (Å²) in [6.45, 7) is 2.90. The molecule has 3 nitrogen and oxygen atoms in total. The highest BCUT2D eigenvalue weighted by molar-refractivity contribution is 5.96. The van der Waals surface area contributed by atoms with E-state index in [-0.39, 0.29) is 5.91 Å². The van der Waals surface area contributed by atoms with Crippen LogP contribution in [0.15, 0.2) is 42.5 Å². The van der Waals surface area contributed by atoms with Crippen molar-refractivity contribution in [3.63, 3.8) is 0 Å². The number of methoxy groups -OCH3 is 1. The molecule has 3 heteroatoms. The first-order chi connectivity index (χ1) is 10.7. The summed E-state index contributed by atoms with van der Waals surface area (Å²) in [6.07, 6.45) is 2.49. The van der Waals surface area contributed by atoms with Crippen LogP contribution in [0.4, 0.5) is 5.69 Å². The van der Waals surface area contributed by atoms with Gasteiger partial charge in [0.1, 0.15) is 5.75 Å². The topological polar surface area (TPSA) is 29.5 Å². The number of aryl methyl sites for hydroxylation is 2. The zero-order valence-electron chi connectivity index (χ0n) is 13.1. The Morgan fingerprint density at radius 1 is 1.23 bits per heavy atom. The third-order valence-corrected chi connectivity index (χ3v) is 4.14. The smallest absolute Gasteiger partial charge is 0.231 e. The molecule has 22 heavy (non-hydrogen) atoms. The zero-order chi connectivity index (χ0) is 15.5. The molecule has 0 aliphatic carbocycles. The van der Waals surface area contributed by atoms with Gasteiger partial charge in [0, 0.05) is 12.2 Å². The lowest BCUT2D eigenvalue weighted by molar-refractivity contribution is -0.118. The second kappa shape index (κ2) is 6.22. The zero-order valence-corrected chi connectivity index (χ0v) is 13.1. The summed E-state index contributed by atoms with van der Waals surface area (Å²) in [4.78, 5) is 14.6. The van der Waals surface area contributed by atoms with Crippen molar-refractivity contribution in [2.75, 3.05) is 18.6 Å². The van der Waals surface area contributed by atoms with Crippen LogP contribution in [0, 0.1) is 6.92 Å². The summed E-state index contributed by atoms with van der Waals surface area (Å²) in [7, 11) is 1.64. The number of carbonyl (C=O) groups is 1. The van der Waals surface area contributed by atoms with Gasteiger partial charge in [-0.1, -0.05) is 29.8 Å². The minimum Gasteiger partial charge on any atom is -0.497 e. The van der Waals surface area contributed by atoms with E-state index in [0.717, 1.165) is 36.4 Å². The Kier molecular flexibility index (Phi) is 4.14. The quantitative estimate of drug-likeness (QED) is 0.867. The second-order valence-corrected chi connectivity index (χ2v) is 5.81. The molecule has 114 valence electrons. The molecule has 0 saturated carbocycles. The summed E-state index contributed by atoms with van der Waals surface area (Å²) in [5.74, 6) is 0.943. The van der Waals surface area contributed by atoms with Crippen LogP contribution < -0.4 is 9.64 Å². The van der Waals surface area contributed by atoms with E-state index in [1.54, 1.807) is 7.11 Å². The summed E-state index contributed by atoms with van der Waals surface area (Å²) < 4.78 is 5.23. The number of benzene rings is 2. The maximum Gasteiger partial charge on any atom is 0.231 e. The Balaban J connectivity index is 1.81. The fourth-order valence-corrected chi connectivity index (χ4v) is 3.04. The third kappa shape index (κ3) is 2.98. The molecule has 1 amide bonds. The van der Waals surface area contributed by atoms with Crippen LogP contribution in [0.1, 0.15) is 23.1 Å². The third-order valence-electron chi connectivity index (χ3n) is 4.14. The molecule has 0 saturated heterocycles. The molecular formula is C19H21NO2. The van der Waals surface area contributed by atoms with Gasteiger partial charge >= 0.3 is 0 Å². The van der Waals surface area contributed by atoms with E-state index in [4.69, 9.17) is 4.74 Å².